The van der Waals surface area contributed by atoms with E-state index < -0.39 is 12.0 Å². The van der Waals surface area contributed by atoms with Gasteiger partial charge in [0.1, 0.15) is 0 Å². The minimum atomic E-state index is -0.471. The molecule has 3 amide bonds. The number of esters is 1. The van der Waals surface area contributed by atoms with E-state index in [4.69, 9.17) is 0 Å². The summed E-state index contributed by atoms with van der Waals surface area (Å²) in [7, 11) is 1.30. The standard InChI is InChI=1S/C17H23N3O4/c1-17(2,3)20-10-13(9-14(20)21)19-16(23)18-12-7-5-6-11(8-12)15(22)24-4/h5-8,13H,9-10H2,1-4H3,(H2,18,19,23). The predicted molar refractivity (Wildman–Crippen MR) is 89.8 cm³/mol. The van der Waals surface area contributed by atoms with Crippen molar-refractivity contribution in [3.05, 3.63) is 29.8 Å². The van der Waals surface area contributed by atoms with Crippen molar-refractivity contribution < 1.29 is 19.1 Å². The fourth-order valence-electron chi connectivity index (χ4n) is 2.65. The van der Waals surface area contributed by atoms with Crippen LogP contribution in [-0.2, 0) is 9.53 Å². The highest BCUT2D eigenvalue weighted by atomic mass is 16.5. The number of methoxy groups -OCH3 is 1. The number of carbonyl (C=O) groups excluding carboxylic acids is 3. The maximum Gasteiger partial charge on any atom is 0.337 e. The molecule has 0 aromatic heterocycles. The van der Waals surface area contributed by atoms with Crippen molar-refractivity contribution in [3.8, 4) is 0 Å². The first kappa shape index (κ1) is 17.8. The van der Waals surface area contributed by atoms with Gasteiger partial charge in [-0.15, -0.1) is 0 Å². The number of nitrogens with one attached hydrogen (secondary N) is 2. The van der Waals surface area contributed by atoms with Crippen LogP contribution in [0.4, 0.5) is 10.5 Å². The highest BCUT2D eigenvalue weighted by molar-refractivity contribution is 5.94. The van der Waals surface area contributed by atoms with Crippen LogP contribution in [0.3, 0.4) is 0 Å². The summed E-state index contributed by atoms with van der Waals surface area (Å²) in [6.45, 7) is 6.38. The Morgan fingerprint density at radius 3 is 2.58 bits per heavy atom. The van der Waals surface area contributed by atoms with Gasteiger partial charge < -0.3 is 20.3 Å². The van der Waals surface area contributed by atoms with Gasteiger partial charge in [0.15, 0.2) is 0 Å². The first-order chi connectivity index (χ1) is 11.2. The van der Waals surface area contributed by atoms with Crippen molar-refractivity contribution in [1.29, 1.82) is 0 Å². The van der Waals surface area contributed by atoms with Gasteiger partial charge in [0, 0.05) is 24.2 Å². The number of amides is 3. The van der Waals surface area contributed by atoms with Crippen LogP contribution in [0.5, 0.6) is 0 Å². The molecule has 0 saturated carbocycles. The summed E-state index contributed by atoms with van der Waals surface area (Å²) in [6, 6.07) is 5.82. The highest BCUT2D eigenvalue weighted by Crippen LogP contribution is 2.22. The minimum Gasteiger partial charge on any atom is -0.465 e. The summed E-state index contributed by atoms with van der Waals surface area (Å²) in [4.78, 5) is 37.4. The van der Waals surface area contributed by atoms with Crippen LogP contribution in [0.1, 0.15) is 37.6 Å². The van der Waals surface area contributed by atoms with Crippen LogP contribution in [0, 0.1) is 0 Å². The minimum absolute atomic E-state index is 0.0282. The number of ether oxygens (including phenoxy) is 1. The van der Waals surface area contributed by atoms with Gasteiger partial charge in [-0.05, 0) is 39.0 Å². The van der Waals surface area contributed by atoms with Gasteiger partial charge in [-0.2, -0.15) is 0 Å². The summed E-state index contributed by atoms with van der Waals surface area (Å²) in [5, 5.41) is 5.46. The van der Waals surface area contributed by atoms with Gasteiger partial charge in [0.2, 0.25) is 5.91 Å². The number of likely N-dealkylation sites (tertiary alicyclic amines) is 1. The van der Waals surface area contributed by atoms with Gasteiger partial charge in [-0.25, -0.2) is 9.59 Å². The second kappa shape index (κ2) is 6.90. The zero-order chi connectivity index (χ0) is 17.9. The predicted octanol–water partition coefficient (Wildman–Crippen LogP) is 1.99. The molecule has 1 aromatic rings. The quantitative estimate of drug-likeness (QED) is 0.828. The molecule has 0 radical (unpaired) electrons. The third kappa shape index (κ3) is 4.24. The molecule has 2 N–H and O–H groups in total. The number of anilines is 1. The number of hydrogen-bond acceptors (Lipinski definition) is 4. The van der Waals surface area contributed by atoms with E-state index in [0.29, 0.717) is 17.8 Å². The summed E-state index contributed by atoms with van der Waals surface area (Å²) in [6.07, 6.45) is 0.285. The van der Waals surface area contributed by atoms with Crippen molar-refractivity contribution in [2.75, 3.05) is 19.0 Å². The van der Waals surface area contributed by atoms with Gasteiger partial charge in [-0.1, -0.05) is 6.07 Å². The molecule has 1 heterocycles. The van der Waals surface area contributed by atoms with Crippen molar-refractivity contribution in [1.82, 2.24) is 10.2 Å². The molecule has 0 aliphatic carbocycles. The lowest BCUT2D eigenvalue weighted by atomic mass is 10.1. The molecule has 7 heteroatoms. The molecule has 0 bridgehead atoms. The molecule has 0 spiro atoms. The fraction of sp³-hybridized carbons (Fsp3) is 0.471. The molecule has 1 fully saturated rings. The van der Waals surface area contributed by atoms with Crippen LogP contribution < -0.4 is 10.6 Å². The largest absolute Gasteiger partial charge is 0.465 e. The van der Waals surface area contributed by atoms with E-state index in [1.54, 1.807) is 23.1 Å². The number of rotatable bonds is 3. The van der Waals surface area contributed by atoms with Crippen molar-refractivity contribution in [2.45, 2.75) is 38.8 Å². The molecule has 1 aliphatic heterocycles. The van der Waals surface area contributed by atoms with Crippen LogP contribution in [-0.4, -0.2) is 48.0 Å². The first-order valence-electron chi connectivity index (χ1n) is 7.77. The van der Waals surface area contributed by atoms with E-state index in [-0.39, 0.29) is 23.9 Å². The Morgan fingerprint density at radius 1 is 1.29 bits per heavy atom. The maximum absolute atomic E-state index is 12.1. The Hall–Kier alpha value is -2.57. The monoisotopic (exact) mass is 333 g/mol. The van der Waals surface area contributed by atoms with E-state index in [1.165, 1.54) is 13.2 Å². The molecule has 24 heavy (non-hydrogen) atoms. The van der Waals surface area contributed by atoms with Gasteiger partial charge in [0.25, 0.3) is 0 Å². The molecule has 2 rings (SSSR count). The van der Waals surface area contributed by atoms with Crippen LogP contribution in [0.2, 0.25) is 0 Å². The number of hydrogen-bond donors (Lipinski definition) is 2. The topological polar surface area (TPSA) is 87.7 Å². The molecule has 7 nitrogen and oxygen atoms in total. The van der Waals surface area contributed by atoms with Crippen LogP contribution >= 0.6 is 0 Å². The third-order valence-electron chi connectivity index (χ3n) is 3.81. The van der Waals surface area contributed by atoms with Crippen molar-refractivity contribution in [2.24, 2.45) is 0 Å². The number of nitrogens with zero attached hydrogens (tertiary/aromatic N) is 1. The Kier molecular flexibility index (Phi) is 5.11. The molecule has 1 aliphatic rings. The summed E-state index contributed by atoms with van der Waals surface area (Å²) >= 11 is 0. The maximum atomic E-state index is 12.1. The average molecular weight is 333 g/mol. The van der Waals surface area contributed by atoms with Crippen molar-refractivity contribution >= 4 is 23.6 Å². The Bertz CT molecular complexity index is 651. The van der Waals surface area contributed by atoms with Crippen LogP contribution in [0.15, 0.2) is 24.3 Å². The Balaban J connectivity index is 1.95. The smallest absolute Gasteiger partial charge is 0.337 e. The van der Waals surface area contributed by atoms with Gasteiger partial charge in [0.05, 0.1) is 18.7 Å². The SMILES string of the molecule is COC(=O)c1cccc(NC(=O)NC2CC(=O)N(C(C)(C)C)C2)c1. The lowest BCUT2D eigenvalue weighted by Crippen LogP contribution is -2.45. The summed E-state index contributed by atoms with van der Waals surface area (Å²) < 4.78 is 4.65. The second-order valence-electron chi connectivity index (χ2n) is 6.75. The summed E-state index contributed by atoms with van der Waals surface area (Å²) in [5.74, 6) is -0.443. The van der Waals surface area contributed by atoms with Gasteiger partial charge in [-0.3, -0.25) is 4.79 Å². The average Bonchev–Trinajstić information content (AvgIpc) is 2.87. The normalized spacial score (nSPS) is 17.6. The van der Waals surface area contributed by atoms with Crippen LogP contribution in [0.25, 0.3) is 0 Å². The fourth-order valence-corrected chi connectivity index (χ4v) is 2.65. The van der Waals surface area contributed by atoms with E-state index >= 15 is 0 Å². The Labute approximate surface area is 141 Å². The van der Waals surface area contributed by atoms with Gasteiger partial charge >= 0.3 is 12.0 Å². The molecule has 1 atom stereocenters. The van der Waals surface area contributed by atoms with E-state index in [0.717, 1.165) is 0 Å². The number of carbonyl (C=O) groups is 3. The van der Waals surface area contributed by atoms with E-state index in [1.807, 2.05) is 20.8 Å². The zero-order valence-electron chi connectivity index (χ0n) is 14.4. The first-order valence-corrected chi connectivity index (χ1v) is 7.77. The number of benzene rings is 1. The second-order valence-corrected chi connectivity index (χ2v) is 6.75. The number of urea groups is 1. The Morgan fingerprint density at radius 2 is 2.00 bits per heavy atom. The molecule has 130 valence electrons. The molecular weight excluding hydrogens is 310 g/mol. The summed E-state index contributed by atoms with van der Waals surface area (Å²) in [5.41, 5.74) is 0.566. The zero-order valence-corrected chi connectivity index (χ0v) is 14.4. The molecular formula is C17H23N3O4. The highest BCUT2D eigenvalue weighted by Gasteiger charge is 2.36. The molecule has 1 unspecified atom stereocenters. The molecule has 1 saturated heterocycles. The van der Waals surface area contributed by atoms with E-state index in [9.17, 15) is 14.4 Å². The lowest BCUT2D eigenvalue weighted by Gasteiger charge is -2.32. The van der Waals surface area contributed by atoms with Crippen molar-refractivity contribution in [3.63, 3.8) is 0 Å². The lowest BCUT2D eigenvalue weighted by molar-refractivity contribution is -0.131. The third-order valence-corrected chi connectivity index (χ3v) is 3.81. The molecule has 1 aromatic carbocycles. The van der Waals surface area contributed by atoms with E-state index in [2.05, 4.69) is 15.4 Å².